The van der Waals surface area contributed by atoms with E-state index in [4.69, 9.17) is 12.6 Å². The number of aryl methyl sites for hydroxylation is 1. The molecule has 0 saturated heterocycles. The van der Waals surface area contributed by atoms with Gasteiger partial charge in [-0.3, -0.25) is 9.78 Å². The Kier molecular flexibility index (Phi) is 6.39. The number of carbonyl (C=O) groups excluding carboxylic acids is 1. The van der Waals surface area contributed by atoms with Gasteiger partial charge >= 0.3 is 0 Å². The molecule has 1 unspecified atom stereocenters. The second-order valence-corrected chi connectivity index (χ2v) is 6.95. The minimum Gasteiger partial charge on any atom is -0.760 e. The Morgan fingerprint density at radius 1 is 1.00 bits per heavy atom. The van der Waals surface area contributed by atoms with Gasteiger partial charge in [-0.25, -0.2) is 0 Å². The quantitative estimate of drug-likeness (QED) is 0.460. The third-order valence-electron chi connectivity index (χ3n) is 4.83. The Hall–Kier alpha value is -2.06. The topological polar surface area (TPSA) is 33.2 Å². The molecule has 1 aliphatic rings. The normalized spacial score (nSPS) is 14.9. The summed E-state index contributed by atoms with van der Waals surface area (Å²) in [5.74, 6) is -0.135. The molecule has 137 valence electrons. The van der Waals surface area contributed by atoms with Crippen molar-refractivity contribution in [2.45, 2.75) is 30.3 Å². The third kappa shape index (κ3) is 4.27. The Balaban J connectivity index is 0.00000210. The first-order chi connectivity index (χ1) is 12.7. The molecule has 3 aromatic rings. The molecular weight excluding hydrogens is 527 g/mol. The summed E-state index contributed by atoms with van der Waals surface area (Å²) in [7, 11) is 0. The SMILES string of the molecule is O=C(C1CCc2ccc([S-])nc21)N(Cc1ccccc1)c1ccccc1.[Re]. The van der Waals surface area contributed by atoms with E-state index in [-0.39, 0.29) is 32.2 Å². The number of hydrogen-bond acceptors (Lipinski definition) is 3. The number of benzene rings is 2. The summed E-state index contributed by atoms with van der Waals surface area (Å²) >= 11 is 5.22. The van der Waals surface area contributed by atoms with Crippen LogP contribution in [0.15, 0.2) is 77.8 Å². The molecule has 0 N–H and O–H groups in total. The molecule has 1 atom stereocenters. The molecule has 0 aliphatic heterocycles. The zero-order valence-electron chi connectivity index (χ0n) is 14.7. The number of aromatic nitrogens is 1. The molecule has 4 rings (SSSR count). The van der Waals surface area contributed by atoms with Gasteiger partial charge in [0.25, 0.3) is 0 Å². The molecule has 0 saturated carbocycles. The second-order valence-electron chi connectivity index (χ2n) is 6.53. The number of para-hydroxylation sites is 1. The minimum absolute atomic E-state index is 0. The van der Waals surface area contributed by atoms with Crippen molar-refractivity contribution in [1.82, 2.24) is 4.98 Å². The molecule has 1 heterocycles. The molecule has 3 nitrogen and oxygen atoms in total. The Bertz CT molecular complexity index is 918. The molecular formula is C22H19N2OReS-. The molecule has 0 bridgehead atoms. The monoisotopic (exact) mass is 546 g/mol. The van der Waals surface area contributed by atoms with Gasteiger partial charge in [0.2, 0.25) is 5.91 Å². The van der Waals surface area contributed by atoms with Crippen LogP contribution >= 0.6 is 0 Å². The zero-order chi connectivity index (χ0) is 17.9. The fourth-order valence-electron chi connectivity index (χ4n) is 3.53. The first-order valence-electron chi connectivity index (χ1n) is 8.79. The Morgan fingerprint density at radius 2 is 1.67 bits per heavy atom. The van der Waals surface area contributed by atoms with E-state index >= 15 is 0 Å². The number of nitrogens with zero attached hydrogens (tertiary/aromatic N) is 2. The van der Waals surface area contributed by atoms with Gasteiger partial charge in [-0.2, -0.15) is 0 Å². The summed E-state index contributed by atoms with van der Waals surface area (Å²) in [5, 5.41) is 0.553. The van der Waals surface area contributed by atoms with Crippen molar-refractivity contribution in [3.8, 4) is 0 Å². The Labute approximate surface area is 178 Å². The number of pyridine rings is 1. The van der Waals surface area contributed by atoms with Crippen LogP contribution in [0.4, 0.5) is 5.69 Å². The molecule has 1 aliphatic carbocycles. The standard InChI is InChI=1S/C22H20N2OS.Re/c25-22(19-13-11-17-12-14-20(26)23-21(17)19)24(18-9-5-2-6-10-18)15-16-7-3-1-4-8-16;/h1-10,12,14,19H,11,13,15H2,(H,23,26);/p-1. The predicted octanol–water partition coefficient (Wildman–Crippen LogP) is 4.25. The van der Waals surface area contributed by atoms with E-state index in [0.717, 1.165) is 35.3 Å². The zero-order valence-corrected chi connectivity index (χ0v) is 18.2. The molecule has 5 heteroatoms. The summed E-state index contributed by atoms with van der Waals surface area (Å²) in [6.45, 7) is 0.545. The van der Waals surface area contributed by atoms with Gasteiger partial charge < -0.3 is 17.5 Å². The second kappa shape index (κ2) is 8.75. The van der Waals surface area contributed by atoms with Crippen LogP contribution in [0.1, 0.15) is 29.2 Å². The summed E-state index contributed by atoms with van der Waals surface area (Å²) in [6.07, 6.45) is 1.67. The van der Waals surface area contributed by atoms with E-state index in [2.05, 4.69) is 4.98 Å². The molecule has 0 spiro atoms. The fourth-order valence-corrected chi connectivity index (χ4v) is 3.70. The number of anilines is 1. The van der Waals surface area contributed by atoms with Gasteiger partial charge in [-0.05, 0) is 36.1 Å². The Morgan fingerprint density at radius 3 is 2.37 bits per heavy atom. The van der Waals surface area contributed by atoms with Gasteiger partial charge in [0.05, 0.1) is 18.2 Å². The van der Waals surface area contributed by atoms with E-state index < -0.39 is 0 Å². The summed E-state index contributed by atoms with van der Waals surface area (Å²) in [5.41, 5.74) is 4.01. The average Bonchev–Trinajstić information content (AvgIpc) is 3.10. The van der Waals surface area contributed by atoms with Gasteiger partial charge in [0.1, 0.15) is 0 Å². The van der Waals surface area contributed by atoms with Gasteiger partial charge in [0.15, 0.2) is 0 Å². The number of carbonyl (C=O) groups is 1. The van der Waals surface area contributed by atoms with Crippen molar-refractivity contribution < 1.29 is 25.2 Å². The fraction of sp³-hybridized carbons (Fsp3) is 0.182. The number of hydrogen-bond donors (Lipinski definition) is 0. The first kappa shape index (κ1) is 19.7. The number of amides is 1. The van der Waals surface area contributed by atoms with E-state index in [1.54, 1.807) is 0 Å². The maximum atomic E-state index is 13.5. The molecule has 1 aromatic heterocycles. The maximum absolute atomic E-state index is 13.5. The number of rotatable bonds is 4. The summed E-state index contributed by atoms with van der Waals surface area (Å²) < 4.78 is 0. The summed E-state index contributed by atoms with van der Waals surface area (Å²) in [4.78, 5) is 19.9. The van der Waals surface area contributed by atoms with E-state index in [1.165, 1.54) is 0 Å². The van der Waals surface area contributed by atoms with Crippen LogP contribution in [0.2, 0.25) is 0 Å². The first-order valence-corrected chi connectivity index (χ1v) is 9.20. The van der Waals surface area contributed by atoms with E-state index in [1.807, 2.05) is 77.7 Å². The van der Waals surface area contributed by atoms with Gasteiger partial charge in [-0.15, -0.1) is 0 Å². The third-order valence-corrected chi connectivity index (χ3v) is 5.06. The molecule has 0 fully saturated rings. The predicted molar refractivity (Wildman–Crippen MR) is 105 cm³/mol. The molecule has 1 amide bonds. The van der Waals surface area contributed by atoms with E-state index in [9.17, 15) is 4.79 Å². The largest absolute Gasteiger partial charge is 0.760 e. The molecule has 2 aromatic carbocycles. The van der Waals surface area contributed by atoms with Crippen LogP contribution < -0.4 is 4.90 Å². The minimum atomic E-state index is -0.225. The average molecular weight is 546 g/mol. The van der Waals surface area contributed by atoms with Gasteiger partial charge in [-0.1, -0.05) is 65.7 Å². The maximum Gasteiger partial charge on any atom is 0.236 e. The van der Waals surface area contributed by atoms with Crippen molar-refractivity contribution >= 4 is 24.2 Å². The van der Waals surface area contributed by atoms with Crippen molar-refractivity contribution in [2.24, 2.45) is 0 Å². The van der Waals surface area contributed by atoms with E-state index in [0.29, 0.717) is 11.6 Å². The van der Waals surface area contributed by atoms with Crippen LogP contribution in [0.3, 0.4) is 0 Å². The van der Waals surface area contributed by atoms with Crippen molar-refractivity contribution in [3.05, 3.63) is 89.6 Å². The molecule has 27 heavy (non-hydrogen) atoms. The van der Waals surface area contributed by atoms with Crippen LogP contribution in [-0.2, 0) is 50.8 Å². The van der Waals surface area contributed by atoms with Crippen LogP contribution in [-0.4, -0.2) is 10.9 Å². The van der Waals surface area contributed by atoms with Crippen LogP contribution in [0, 0.1) is 0 Å². The van der Waals surface area contributed by atoms with Crippen LogP contribution in [0.5, 0.6) is 0 Å². The summed E-state index contributed by atoms with van der Waals surface area (Å²) in [6, 6.07) is 23.8. The van der Waals surface area contributed by atoms with Crippen molar-refractivity contribution in [2.75, 3.05) is 4.90 Å². The smallest absolute Gasteiger partial charge is 0.236 e. The van der Waals surface area contributed by atoms with Gasteiger partial charge in [0, 0.05) is 26.1 Å². The van der Waals surface area contributed by atoms with Crippen molar-refractivity contribution in [1.29, 1.82) is 0 Å². The van der Waals surface area contributed by atoms with Crippen LogP contribution in [0.25, 0.3) is 0 Å². The van der Waals surface area contributed by atoms with Crippen molar-refractivity contribution in [3.63, 3.8) is 0 Å². The number of fused-ring (bicyclic) bond motifs is 1. The molecule has 1 radical (unpaired) electrons.